The van der Waals surface area contributed by atoms with Crippen molar-refractivity contribution in [1.82, 2.24) is 9.36 Å². The number of carbonyl (C=O) groups is 1. The monoisotopic (exact) mass is 426 g/mol. The molecule has 0 radical (unpaired) electrons. The SMILES string of the molecule is CCc1nsc(-c2ccc(F)c(NCC(=O)N3CCc4c(C(C)O)cccc43)c2)n1. The fourth-order valence-electron chi connectivity index (χ4n) is 3.69. The van der Waals surface area contributed by atoms with E-state index in [2.05, 4.69) is 14.7 Å². The number of nitrogens with one attached hydrogen (secondary N) is 1. The van der Waals surface area contributed by atoms with Crippen molar-refractivity contribution in [2.24, 2.45) is 0 Å². The summed E-state index contributed by atoms with van der Waals surface area (Å²) in [4.78, 5) is 19.0. The molecule has 1 aromatic heterocycles. The predicted octanol–water partition coefficient (Wildman–Crippen LogP) is 3.96. The molecule has 8 heteroatoms. The van der Waals surface area contributed by atoms with Crippen molar-refractivity contribution in [3.05, 3.63) is 59.2 Å². The highest BCUT2D eigenvalue weighted by molar-refractivity contribution is 7.09. The lowest BCUT2D eigenvalue weighted by Crippen LogP contribution is -2.34. The molecule has 2 N–H and O–H groups in total. The number of rotatable bonds is 6. The van der Waals surface area contributed by atoms with Crippen LogP contribution in [0.3, 0.4) is 0 Å². The van der Waals surface area contributed by atoms with Gasteiger partial charge in [-0.05, 0) is 60.3 Å². The lowest BCUT2D eigenvalue weighted by Gasteiger charge is -2.19. The van der Waals surface area contributed by atoms with Gasteiger partial charge in [0.15, 0.2) is 0 Å². The van der Waals surface area contributed by atoms with E-state index in [4.69, 9.17) is 0 Å². The van der Waals surface area contributed by atoms with Gasteiger partial charge in [-0.2, -0.15) is 4.37 Å². The van der Waals surface area contributed by atoms with E-state index in [0.717, 1.165) is 39.6 Å². The molecule has 0 aliphatic carbocycles. The fraction of sp³-hybridized carbons (Fsp3) is 0.318. The number of hydrogen-bond donors (Lipinski definition) is 2. The Morgan fingerprint density at radius 2 is 2.20 bits per heavy atom. The van der Waals surface area contributed by atoms with Gasteiger partial charge in [0.1, 0.15) is 16.6 Å². The molecule has 30 heavy (non-hydrogen) atoms. The van der Waals surface area contributed by atoms with E-state index in [1.165, 1.54) is 17.6 Å². The minimum Gasteiger partial charge on any atom is -0.389 e. The van der Waals surface area contributed by atoms with Crippen LogP contribution in [-0.2, 0) is 17.6 Å². The van der Waals surface area contributed by atoms with Crippen LogP contribution in [0.25, 0.3) is 10.6 Å². The van der Waals surface area contributed by atoms with Gasteiger partial charge in [0.25, 0.3) is 0 Å². The van der Waals surface area contributed by atoms with E-state index in [0.29, 0.717) is 13.0 Å². The Morgan fingerprint density at radius 3 is 2.93 bits per heavy atom. The van der Waals surface area contributed by atoms with Crippen molar-refractivity contribution in [2.75, 3.05) is 23.3 Å². The average molecular weight is 427 g/mol. The molecule has 1 aliphatic heterocycles. The maximum Gasteiger partial charge on any atom is 0.246 e. The minimum atomic E-state index is -0.585. The van der Waals surface area contributed by atoms with Gasteiger partial charge in [0.2, 0.25) is 5.91 Å². The van der Waals surface area contributed by atoms with Gasteiger partial charge in [-0.1, -0.05) is 19.1 Å². The van der Waals surface area contributed by atoms with E-state index in [9.17, 15) is 14.3 Å². The molecular weight excluding hydrogens is 403 g/mol. The Hall–Kier alpha value is -2.84. The third-order valence-electron chi connectivity index (χ3n) is 5.24. The summed E-state index contributed by atoms with van der Waals surface area (Å²) in [5, 5.41) is 13.6. The highest BCUT2D eigenvalue weighted by atomic mass is 32.1. The normalized spacial score (nSPS) is 13.9. The number of aliphatic hydroxyl groups excluding tert-OH is 1. The summed E-state index contributed by atoms with van der Waals surface area (Å²) in [7, 11) is 0. The first kappa shape index (κ1) is 20.4. The summed E-state index contributed by atoms with van der Waals surface area (Å²) in [5.74, 6) is 0.184. The fourth-order valence-corrected chi connectivity index (χ4v) is 4.43. The van der Waals surface area contributed by atoms with Crippen LogP contribution in [0.4, 0.5) is 15.8 Å². The summed E-state index contributed by atoms with van der Waals surface area (Å²) < 4.78 is 18.6. The lowest BCUT2D eigenvalue weighted by molar-refractivity contribution is -0.116. The van der Waals surface area contributed by atoms with Crippen LogP contribution in [0, 0.1) is 5.82 Å². The molecule has 2 aromatic carbocycles. The first-order valence-electron chi connectivity index (χ1n) is 9.94. The van der Waals surface area contributed by atoms with Crippen LogP contribution in [0.2, 0.25) is 0 Å². The van der Waals surface area contributed by atoms with Gasteiger partial charge in [-0.3, -0.25) is 4.79 Å². The van der Waals surface area contributed by atoms with Crippen LogP contribution in [0.1, 0.15) is 36.9 Å². The van der Waals surface area contributed by atoms with Crippen LogP contribution in [0.5, 0.6) is 0 Å². The lowest BCUT2D eigenvalue weighted by atomic mass is 10.0. The van der Waals surface area contributed by atoms with E-state index >= 15 is 0 Å². The number of nitrogens with zero attached hydrogens (tertiary/aromatic N) is 3. The van der Waals surface area contributed by atoms with Gasteiger partial charge >= 0.3 is 0 Å². The molecule has 0 fully saturated rings. The molecule has 156 valence electrons. The van der Waals surface area contributed by atoms with Crippen molar-refractivity contribution in [3.8, 4) is 10.6 Å². The van der Waals surface area contributed by atoms with Crippen LogP contribution < -0.4 is 10.2 Å². The van der Waals surface area contributed by atoms with Crippen molar-refractivity contribution in [2.45, 2.75) is 32.8 Å². The largest absolute Gasteiger partial charge is 0.389 e. The van der Waals surface area contributed by atoms with Crippen LogP contribution in [-0.4, -0.2) is 33.5 Å². The maximum absolute atomic E-state index is 14.3. The Labute approximate surface area is 178 Å². The first-order valence-corrected chi connectivity index (χ1v) is 10.7. The maximum atomic E-state index is 14.3. The Bertz CT molecular complexity index is 1080. The molecule has 1 unspecified atom stereocenters. The number of anilines is 2. The number of aliphatic hydroxyl groups is 1. The number of amides is 1. The van der Waals surface area contributed by atoms with E-state index < -0.39 is 11.9 Å². The zero-order valence-corrected chi connectivity index (χ0v) is 17.7. The van der Waals surface area contributed by atoms with Gasteiger partial charge in [-0.15, -0.1) is 0 Å². The van der Waals surface area contributed by atoms with Crippen molar-refractivity contribution < 1.29 is 14.3 Å². The third kappa shape index (κ3) is 3.93. The number of aromatic nitrogens is 2. The molecule has 1 atom stereocenters. The quantitative estimate of drug-likeness (QED) is 0.624. The van der Waals surface area contributed by atoms with Gasteiger partial charge in [0.05, 0.1) is 18.3 Å². The van der Waals surface area contributed by atoms with Crippen molar-refractivity contribution >= 4 is 28.8 Å². The number of halogens is 1. The molecule has 0 saturated heterocycles. The second kappa shape index (κ2) is 8.49. The smallest absolute Gasteiger partial charge is 0.246 e. The van der Waals surface area contributed by atoms with E-state index in [1.807, 2.05) is 25.1 Å². The van der Waals surface area contributed by atoms with E-state index in [1.54, 1.807) is 24.0 Å². The molecule has 0 bridgehead atoms. The zero-order chi connectivity index (χ0) is 21.3. The van der Waals surface area contributed by atoms with Gasteiger partial charge < -0.3 is 15.3 Å². The Balaban J connectivity index is 1.49. The predicted molar refractivity (Wildman–Crippen MR) is 116 cm³/mol. The second-order valence-corrected chi connectivity index (χ2v) is 7.99. The Morgan fingerprint density at radius 1 is 1.37 bits per heavy atom. The van der Waals surface area contributed by atoms with Gasteiger partial charge in [-0.25, -0.2) is 9.37 Å². The highest BCUT2D eigenvalue weighted by Crippen LogP contribution is 2.33. The van der Waals surface area contributed by atoms with Crippen LogP contribution in [0.15, 0.2) is 36.4 Å². The number of carbonyl (C=O) groups excluding carboxylic acids is 1. The topological polar surface area (TPSA) is 78.4 Å². The molecule has 6 nitrogen and oxygen atoms in total. The highest BCUT2D eigenvalue weighted by Gasteiger charge is 2.27. The molecule has 0 saturated carbocycles. The number of aryl methyl sites for hydroxylation is 1. The second-order valence-electron chi connectivity index (χ2n) is 7.23. The molecule has 4 rings (SSSR count). The first-order chi connectivity index (χ1) is 14.5. The summed E-state index contributed by atoms with van der Waals surface area (Å²) in [5.41, 5.74) is 3.67. The third-order valence-corrected chi connectivity index (χ3v) is 6.04. The van der Waals surface area contributed by atoms with E-state index in [-0.39, 0.29) is 18.1 Å². The number of benzene rings is 2. The standard InChI is InChI=1S/C22H23FN4O2S/c1-3-20-25-22(30-26-20)14-7-8-17(23)18(11-14)24-12-21(29)27-10-9-16-15(13(2)28)5-4-6-19(16)27/h4-8,11,13,24,28H,3,9-10,12H2,1-2H3. The Kier molecular flexibility index (Phi) is 5.78. The number of hydrogen-bond acceptors (Lipinski definition) is 6. The summed E-state index contributed by atoms with van der Waals surface area (Å²) in [6.07, 6.45) is 0.854. The average Bonchev–Trinajstić information content (AvgIpc) is 3.39. The molecule has 0 spiro atoms. The van der Waals surface area contributed by atoms with Crippen molar-refractivity contribution in [3.63, 3.8) is 0 Å². The molecular formula is C22H23FN4O2S. The van der Waals surface area contributed by atoms with Crippen LogP contribution >= 0.6 is 11.5 Å². The van der Waals surface area contributed by atoms with Gasteiger partial charge in [0, 0.05) is 24.2 Å². The number of fused-ring (bicyclic) bond motifs is 1. The molecule has 1 aliphatic rings. The van der Waals surface area contributed by atoms with Crippen molar-refractivity contribution in [1.29, 1.82) is 0 Å². The summed E-state index contributed by atoms with van der Waals surface area (Å²) >= 11 is 1.28. The zero-order valence-electron chi connectivity index (χ0n) is 16.9. The molecule has 3 aromatic rings. The summed E-state index contributed by atoms with van der Waals surface area (Å²) in [6.45, 7) is 4.22. The molecule has 1 amide bonds. The minimum absolute atomic E-state index is 0.0327. The summed E-state index contributed by atoms with van der Waals surface area (Å²) in [6, 6.07) is 10.3. The molecule has 2 heterocycles.